The Morgan fingerprint density at radius 1 is 1.29 bits per heavy atom. The van der Waals surface area contributed by atoms with Crippen molar-refractivity contribution in [3.8, 4) is 6.01 Å². The fourth-order valence-electron chi connectivity index (χ4n) is 1.59. The first-order valence-corrected chi connectivity index (χ1v) is 6.17. The maximum absolute atomic E-state index is 5.86. The predicted molar refractivity (Wildman–Crippen MR) is 65.7 cm³/mol. The summed E-state index contributed by atoms with van der Waals surface area (Å²) in [6.07, 6.45) is 0.909. The predicted octanol–water partition coefficient (Wildman–Crippen LogP) is 0.723. The van der Waals surface area contributed by atoms with Gasteiger partial charge >= 0.3 is 6.01 Å². The van der Waals surface area contributed by atoms with Gasteiger partial charge in [0, 0.05) is 26.2 Å². The molecule has 7 heteroatoms. The Kier molecular flexibility index (Phi) is 4.33. The molecule has 0 radical (unpaired) electrons. The van der Waals surface area contributed by atoms with Gasteiger partial charge in [0.05, 0.1) is 6.61 Å². The van der Waals surface area contributed by atoms with Crippen LogP contribution in [-0.4, -0.2) is 47.7 Å². The number of hydrogen-bond donors (Lipinski definition) is 1. The Morgan fingerprint density at radius 2 is 2.06 bits per heavy atom. The summed E-state index contributed by atoms with van der Waals surface area (Å²) in [7, 11) is 0. The highest BCUT2D eigenvalue weighted by Gasteiger charge is 2.15. The van der Waals surface area contributed by atoms with Crippen LogP contribution in [-0.2, 0) is 0 Å². The third-order valence-corrected chi connectivity index (χ3v) is 2.58. The summed E-state index contributed by atoms with van der Waals surface area (Å²) >= 11 is 5.86. The quantitative estimate of drug-likeness (QED) is 0.858. The molecule has 1 aromatic rings. The standard InChI is InChI=1S/C10H16ClN5O/c1-2-7-17-10-14-8(11)13-9(15-10)16-5-3-12-4-6-16/h12H,2-7H2,1H3. The second kappa shape index (κ2) is 5.97. The van der Waals surface area contributed by atoms with Crippen molar-refractivity contribution < 1.29 is 4.74 Å². The lowest BCUT2D eigenvalue weighted by Gasteiger charge is -2.27. The molecule has 0 atom stereocenters. The molecular weight excluding hydrogens is 242 g/mol. The second-order valence-corrected chi connectivity index (χ2v) is 4.11. The molecule has 1 saturated heterocycles. The van der Waals surface area contributed by atoms with E-state index < -0.39 is 0 Å². The monoisotopic (exact) mass is 257 g/mol. The molecule has 0 amide bonds. The molecule has 1 fully saturated rings. The van der Waals surface area contributed by atoms with Crippen LogP contribution in [0.25, 0.3) is 0 Å². The number of nitrogens with one attached hydrogen (secondary N) is 1. The van der Waals surface area contributed by atoms with Crippen molar-refractivity contribution in [2.24, 2.45) is 0 Å². The molecule has 17 heavy (non-hydrogen) atoms. The first-order valence-electron chi connectivity index (χ1n) is 5.79. The molecule has 1 aromatic heterocycles. The van der Waals surface area contributed by atoms with Crippen LogP contribution in [0.2, 0.25) is 5.28 Å². The van der Waals surface area contributed by atoms with Crippen LogP contribution < -0.4 is 15.0 Å². The lowest BCUT2D eigenvalue weighted by molar-refractivity contribution is 0.291. The molecule has 1 aliphatic rings. The van der Waals surface area contributed by atoms with Gasteiger partial charge in [0.1, 0.15) is 0 Å². The zero-order valence-electron chi connectivity index (χ0n) is 9.82. The van der Waals surface area contributed by atoms with E-state index in [0.29, 0.717) is 18.6 Å². The molecular formula is C10H16ClN5O. The van der Waals surface area contributed by atoms with Crippen LogP contribution in [0.5, 0.6) is 6.01 Å². The van der Waals surface area contributed by atoms with Crippen molar-refractivity contribution >= 4 is 17.5 Å². The fourth-order valence-corrected chi connectivity index (χ4v) is 1.73. The summed E-state index contributed by atoms with van der Waals surface area (Å²) in [5, 5.41) is 3.45. The van der Waals surface area contributed by atoms with E-state index in [2.05, 4.69) is 25.2 Å². The van der Waals surface area contributed by atoms with E-state index in [4.69, 9.17) is 16.3 Å². The number of piperazine rings is 1. The van der Waals surface area contributed by atoms with Gasteiger partial charge in [0.15, 0.2) is 0 Å². The molecule has 0 aliphatic carbocycles. The van der Waals surface area contributed by atoms with Crippen LogP contribution >= 0.6 is 11.6 Å². The Morgan fingerprint density at radius 3 is 2.76 bits per heavy atom. The lowest BCUT2D eigenvalue weighted by Crippen LogP contribution is -2.44. The van der Waals surface area contributed by atoms with Gasteiger partial charge < -0.3 is 15.0 Å². The van der Waals surface area contributed by atoms with E-state index in [-0.39, 0.29) is 5.28 Å². The molecule has 0 aromatic carbocycles. The number of anilines is 1. The van der Waals surface area contributed by atoms with Crippen molar-refractivity contribution in [1.29, 1.82) is 0 Å². The van der Waals surface area contributed by atoms with Gasteiger partial charge in [0.25, 0.3) is 0 Å². The summed E-state index contributed by atoms with van der Waals surface area (Å²) in [6, 6.07) is 0.306. The second-order valence-electron chi connectivity index (χ2n) is 3.77. The minimum absolute atomic E-state index is 0.180. The zero-order chi connectivity index (χ0) is 12.1. The molecule has 0 unspecified atom stereocenters. The fraction of sp³-hybridized carbons (Fsp3) is 0.700. The van der Waals surface area contributed by atoms with Crippen molar-refractivity contribution in [3.05, 3.63) is 5.28 Å². The highest BCUT2D eigenvalue weighted by molar-refractivity contribution is 6.28. The summed E-state index contributed by atoms with van der Waals surface area (Å²) < 4.78 is 5.38. The van der Waals surface area contributed by atoms with Crippen LogP contribution in [0.3, 0.4) is 0 Å². The normalized spacial score (nSPS) is 16.0. The zero-order valence-corrected chi connectivity index (χ0v) is 10.6. The summed E-state index contributed by atoms with van der Waals surface area (Å²) in [6.45, 7) is 6.20. The van der Waals surface area contributed by atoms with Crippen molar-refractivity contribution in [3.63, 3.8) is 0 Å². The van der Waals surface area contributed by atoms with E-state index in [0.717, 1.165) is 32.6 Å². The molecule has 1 aliphatic heterocycles. The summed E-state index contributed by atoms with van der Waals surface area (Å²) in [5.74, 6) is 0.595. The number of halogens is 1. The van der Waals surface area contributed by atoms with E-state index in [1.165, 1.54) is 0 Å². The van der Waals surface area contributed by atoms with E-state index in [1.807, 2.05) is 6.92 Å². The topological polar surface area (TPSA) is 63.2 Å². The minimum atomic E-state index is 0.180. The Hall–Kier alpha value is -1.14. The number of hydrogen-bond acceptors (Lipinski definition) is 6. The number of rotatable bonds is 4. The highest BCUT2D eigenvalue weighted by atomic mass is 35.5. The number of nitrogens with zero attached hydrogens (tertiary/aromatic N) is 4. The van der Waals surface area contributed by atoms with Crippen LogP contribution in [0.15, 0.2) is 0 Å². The van der Waals surface area contributed by atoms with Crippen LogP contribution in [0.1, 0.15) is 13.3 Å². The molecule has 2 heterocycles. The first kappa shape index (κ1) is 12.3. The SMILES string of the molecule is CCCOc1nc(Cl)nc(N2CCNCC2)n1. The summed E-state index contributed by atoms with van der Waals surface area (Å²) in [4.78, 5) is 14.4. The number of aromatic nitrogens is 3. The Labute approximate surface area is 105 Å². The Balaban J connectivity index is 2.12. The molecule has 0 saturated carbocycles. The van der Waals surface area contributed by atoms with E-state index in [9.17, 15) is 0 Å². The third kappa shape index (κ3) is 3.41. The first-order chi connectivity index (χ1) is 8.29. The van der Waals surface area contributed by atoms with Gasteiger partial charge in [-0.3, -0.25) is 0 Å². The molecule has 0 spiro atoms. The third-order valence-electron chi connectivity index (χ3n) is 2.41. The van der Waals surface area contributed by atoms with Gasteiger partial charge in [-0.05, 0) is 18.0 Å². The molecule has 0 bridgehead atoms. The number of ether oxygens (including phenoxy) is 1. The van der Waals surface area contributed by atoms with Crippen LogP contribution in [0, 0.1) is 0 Å². The average Bonchev–Trinajstić information content (AvgIpc) is 2.37. The highest BCUT2D eigenvalue weighted by Crippen LogP contribution is 2.15. The smallest absolute Gasteiger partial charge is 0.322 e. The van der Waals surface area contributed by atoms with Gasteiger partial charge in [-0.1, -0.05) is 6.92 Å². The molecule has 94 valence electrons. The maximum atomic E-state index is 5.86. The van der Waals surface area contributed by atoms with Gasteiger partial charge in [0.2, 0.25) is 11.2 Å². The Bertz CT molecular complexity index is 370. The van der Waals surface area contributed by atoms with Crippen LogP contribution in [0.4, 0.5) is 5.95 Å². The molecule has 1 N–H and O–H groups in total. The average molecular weight is 258 g/mol. The molecule has 6 nitrogen and oxygen atoms in total. The minimum Gasteiger partial charge on any atom is -0.463 e. The molecule has 2 rings (SSSR count). The lowest BCUT2D eigenvalue weighted by atomic mass is 10.4. The van der Waals surface area contributed by atoms with Gasteiger partial charge in [-0.25, -0.2) is 0 Å². The van der Waals surface area contributed by atoms with Gasteiger partial charge in [-0.15, -0.1) is 0 Å². The van der Waals surface area contributed by atoms with Crippen molar-refractivity contribution in [1.82, 2.24) is 20.3 Å². The maximum Gasteiger partial charge on any atom is 0.322 e. The van der Waals surface area contributed by atoms with E-state index in [1.54, 1.807) is 0 Å². The van der Waals surface area contributed by atoms with E-state index >= 15 is 0 Å². The van der Waals surface area contributed by atoms with Crippen molar-refractivity contribution in [2.45, 2.75) is 13.3 Å². The van der Waals surface area contributed by atoms with Gasteiger partial charge in [-0.2, -0.15) is 15.0 Å². The van der Waals surface area contributed by atoms with Crippen molar-refractivity contribution in [2.75, 3.05) is 37.7 Å². The largest absolute Gasteiger partial charge is 0.463 e. The summed E-state index contributed by atoms with van der Waals surface area (Å²) in [5.41, 5.74) is 0.